The highest BCUT2D eigenvalue weighted by Crippen LogP contribution is 2.34. The van der Waals surface area contributed by atoms with Gasteiger partial charge < -0.3 is 29.7 Å². The standard InChI is InChI=1S/C25H30ClN3O6/c1-3-33-12-4-11-27-25(32)24(19-6-8-20(26)9-7-19)29(23(31)14-28-17(2)30)15-18-5-10-21-22(13-18)35-16-34-21/h5-10,13,24H,3-4,11-12,14-16H2,1-2H3,(H,27,32)(H,28,30)/t24-/m1/s1. The summed E-state index contributed by atoms with van der Waals surface area (Å²) in [7, 11) is 0. The van der Waals surface area contributed by atoms with Crippen LogP contribution in [0.1, 0.15) is 37.4 Å². The molecule has 188 valence electrons. The molecule has 0 bridgehead atoms. The molecule has 3 amide bonds. The van der Waals surface area contributed by atoms with Crippen molar-refractivity contribution in [2.24, 2.45) is 0 Å². The Morgan fingerprint density at radius 1 is 1.09 bits per heavy atom. The van der Waals surface area contributed by atoms with Crippen molar-refractivity contribution in [3.8, 4) is 11.5 Å². The van der Waals surface area contributed by atoms with Crippen molar-refractivity contribution in [1.29, 1.82) is 0 Å². The molecule has 0 saturated carbocycles. The minimum Gasteiger partial charge on any atom is -0.454 e. The number of rotatable bonds is 12. The molecule has 0 aliphatic carbocycles. The zero-order valence-electron chi connectivity index (χ0n) is 19.8. The Morgan fingerprint density at radius 3 is 2.54 bits per heavy atom. The van der Waals surface area contributed by atoms with Gasteiger partial charge in [0.2, 0.25) is 24.5 Å². The second-order valence-corrected chi connectivity index (χ2v) is 8.35. The van der Waals surface area contributed by atoms with Crippen LogP contribution in [0.25, 0.3) is 0 Å². The van der Waals surface area contributed by atoms with Crippen molar-refractivity contribution in [1.82, 2.24) is 15.5 Å². The highest BCUT2D eigenvalue weighted by Gasteiger charge is 2.32. The van der Waals surface area contributed by atoms with Crippen molar-refractivity contribution in [2.45, 2.75) is 32.9 Å². The number of hydrogen-bond acceptors (Lipinski definition) is 6. The van der Waals surface area contributed by atoms with E-state index in [2.05, 4.69) is 10.6 Å². The van der Waals surface area contributed by atoms with Gasteiger partial charge in [-0.3, -0.25) is 14.4 Å². The summed E-state index contributed by atoms with van der Waals surface area (Å²) in [4.78, 5) is 39.6. The molecule has 9 nitrogen and oxygen atoms in total. The Labute approximate surface area is 209 Å². The number of benzene rings is 2. The molecule has 0 radical (unpaired) electrons. The molecule has 2 aromatic rings. The van der Waals surface area contributed by atoms with Crippen LogP contribution >= 0.6 is 11.6 Å². The van der Waals surface area contributed by atoms with E-state index in [-0.39, 0.29) is 31.7 Å². The van der Waals surface area contributed by atoms with Crippen LogP contribution in [0.4, 0.5) is 0 Å². The van der Waals surface area contributed by atoms with E-state index in [1.165, 1.54) is 11.8 Å². The first kappa shape index (κ1) is 26.3. The summed E-state index contributed by atoms with van der Waals surface area (Å²) in [5.41, 5.74) is 1.34. The summed E-state index contributed by atoms with van der Waals surface area (Å²) in [6, 6.07) is 11.2. The lowest BCUT2D eigenvalue weighted by molar-refractivity contribution is -0.141. The summed E-state index contributed by atoms with van der Waals surface area (Å²) in [5.74, 6) is 0.0826. The summed E-state index contributed by atoms with van der Waals surface area (Å²) in [5, 5.41) is 5.95. The fraction of sp³-hybridized carbons (Fsp3) is 0.400. The summed E-state index contributed by atoms with van der Waals surface area (Å²) in [6.07, 6.45) is 0.634. The predicted octanol–water partition coefficient (Wildman–Crippen LogP) is 2.82. The van der Waals surface area contributed by atoms with Crippen molar-refractivity contribution in [2.75, 3.05) is 33.1 Å². The van der Waals surface area contributed by atoms with Gasteiger partial charge in [-0.05, 0) is 48.7 Å². The normalized spacial score (nSPS) is 12.7. The molecular formula is C25H30ClN3O6. The van der Waals surface area contributed by atoms with Gasteiger partial charge in [0.1, 0.15) is 6.04 Å². The SMILES string of the molecule is CCOCCCNC(=O)[C@@H](c1ccc(Cl)cc1)N(Cc1ccc2c(c1)OCO2)C(=O)CNC(C)=O. The highest BCUT2D eigenvalue weighted by atomic mass is 35.5. The van der Waals surface area contributed by atoms with Crippen LogP contribution < -0.4 is 20.1 Å². The minimum atomic E-state index is -0.953. The van der Waals surface area contributed by atoms with Gasteiger partial charge in [-0.2, -0.15) is 0 Å². The molecule has 0 fully saturated rings. The molecule has 1 heterocycles. The molecule has 10 heteroatoms. The molecule has 3 rings (SSSR count). The first-order valence-electron chi connectivity index (χ1n) is 11.4. The van der Waals surface area contributed by atoms with E-state index in [4.69, 9.17) is 25.8 Å². The Balaban J connectivity index is 1.90. The van der Waals surface area contributed by atoms with Gasteiger partial charge in [-0.15, -0.1) is 0 Å². The van der Waals surface area contributed by atoms with E-state index in [9.17, 15) is 14.4 Å². The monoisotopic (exact) mass is 503 g/mol. The van der Waals surface area contributed by atoms with Gasteiger partial charge in [-0.25, -0.2) is 0 Å². The van der Waals surface area contributed by atoms with E-state index in [1.54, 1.807) is 36.4 Å². The van der Waals surface area contributed by atoms with Crippen LogP contribution in [-0.2, 0) is 25.7 Å². The molecule has 1 aliphatic rings. The molecule has 2 N–H and O–H groups in total. The van der Waals surface area contributed by atoms with Gasteiger partial charge >= 0.3 is 0 Å². The molecule has 1 atom stereocenters. The topological polar surface area (TPSA) is 106 Å². The number of amides is 3. The summed E-state index contributed by atoms with van der Waals surface area (Å²) >= 11 is 6.07. The molecule has 35 heavy (non-hydrogen) atoms. The van der Waals surface area contributed by atoms with Crippen LogP contribution in [0, 0.1) is 0 Å². The largest absolute Gasteiger partial charge is 0.454 e. The molecular weight excluding hydrogens is 474 g/mol. The predicted molar refractivity (Wildman–Crippen MR) is 130 cm³/mol. The number of nitrogens with zero attached hydrogens (tertiary/aromatic N) is 1. The maximum Gasteiger partial charge on any atom is 0.247 e. The molecule has 0 unspecified atom stereocenters. The zero-order chi connectivity index (χ0) is 25.2. The second-order valence-electron chi connectivity index (χ2n) is 7.91. The van der Waals surface area contributed by atoms with E-state index in [0.717, 1.165) is 5.56 Å². The lowest BCUT2D eigenvalue weighted by Crippen LogP contribution is -2.47. The van der Waals surface area contributed by atoms with Crippen LogP contribution in [0.3, 0.4) is 0 Å². The number of nitrogens with one attached hydrogen (secondary N) is 2. The molecule has 2 aromatic carbocycles. The second kappa shape index (κ2) is 13.0. The Kier molecular flexibility index (Phi) is 9.75. The van der Waals surface area contributed by atoms with Crippen LogP contribution in [0.2, 0.25) is 5.02 Å². The van der Waals surface area contributed by atoms with Gasteiger partial charge in [-0.1, -0.05) is 29.8 Å². The van der Waals surface area contributed by atoms with Crippen LogP contribution in [0.5, 0.6) is 11.5 Å². The molecule has 0 spiro atoms. The number of ether oxygens (including phenoxy) is 3. The molecule has 1 aliphatic heterocycles. The average Bonchev–Trinajstić information content (AvgIpc) is 3.31. The maximum absolute atomic E-state index is 13.4. The van der Waals surface area contributed by atoms with Gasteiger partial charge in [0.05, 0.1) is 6.54 Å². The van der Waals surface area contributed by atoms with Crippen LogP contribution in [-0.4, -0.2) is 55.7 Å². The summed E-state index contributed by atoms with van der Waals surface area (Å²) in [6.45, 7) is 4.73. The number of carbonyl (C=O) groups is 3. The van der Waals surface area contributed by atoms with E-state index in [1.807, 2.05) is 13.0 Å². The molecule has 0 aromatic heterocycles. The third-order valence-corrected chi connectivity index (χ3v) is 5.57. The Hall–Kier alpha value is -3.30. The van der Waals surface area contributed by atoms with Gasteiger partial charge in [0.15, 0.2) is 11.5 Å². The zero-order valence-corrected chi connectivity index (χ0v) is 20.6. The van der Waals surface area contributed by atoms with E-state index in [0.29, 0.717) is 48.3 Å². The van der Waals surface area contributed by atoms with Gasteiger partial charge in [0.25, 0.3) is 0 Å². The third kappa shape index (κ3) is 7.60. The lowest BCUT2D eigenvalue weighted by atomic mass is 10.0. The fourth-order valence-corrected chi connectivity index (χ4v) is 3.73. The highest BCUT2D eigenvalue weighted by molar-refractivity contribution is 6.30. The fourth-order valence-electron chi connectivity index (χ4n) is 3.61. The first-order valence-corrected chi connectivity index (χ1v) is 11.8. The van der Waals surface area contributed by atoms with Gasteiger partial charge in [0, 0.05) is 38.2 Å². The summed E-state index contributed by atoms with van der Waals surface area (Å²) < 4.78 is 16.2. The van der Waals surface area contributed by atoms with E-state index >= 15 is 0 Å². The van der Waals surface area contributed by atoms with Crippen molar-refractivity contribution < 1.29 is 28.6 Å². The average molecular weight is 504 g/mol. The Morgan fingerprint density at radius 2 is 1.83 bits per heavy atom. The smallest absolute Gasteiger partial charge is 0.247 e. The van der Waals surface area contributed by atoms with Crippen LogP contribution in [0.15, 0.2) is 42.5 Å². The van der Waals surface area contributed by atoms with E-state index < -0.39 is 11.9 Å². The third-order valence-electron chi connectivity index (χ3n) is 5.31. The molecule has 0 saturated heterocycles. The van der Waals surface area contributed by atoms with Crippen molar-refractivity contribution >= 4 is 29.3 Å². The quantitative estimate of drug-likeness (QED) is 0.431. The lowest BCUT2D eigenvalue weighted by Gasteiger charge is -2.32. The maximum atomic E-state index is 13.4. The number of fused-ring (bicyclic) bond motifs is 1. The number of carbonyl (C=O) groups excluding carboxylic acids is 3. The number of halogens is 1. The van der Waals surface area contributed by atoms with Crippen molar-refractivity contribution in [3.05, 3.63) is 58.6 Å². The first-order chi connectivity index (χ1) is 16.9. The number of hydrogen-bond donors (Lipinski definition) is 2. The van der Waals surface area contributed by atoms with Crippen molar-refractivity contribution in [3.63, 3.8) is 0 Å². The Bertz CT molecular complexity index is 1030. The minimum absolute atomic E-state index is 0.106.